The van der Waals surface area contributed by atoms with Gasteiger partial charge in [-0.1, -0.05) is 0 Å². The molecule has 0 bridgehead atoms. The summed E-state index contributed by atoms with van der Waals surface area (Å²) in [6, 6.07) is 0. The second-order valence-corrected chi connectivity index (χ2v) is 3.37. The Morgan fingerprint density at radius 1 is 1.50 bits per heavy atom. The Labute approximate surface area is 91.9 Å². The van der Waals surface area contributed by atoms with E-state index in [9.17, 15) is 4.79 Å². The summed E-state index contributed by atoms with van der Waals surface area (Å²) in [6.45, 7) is 2.60. The average molecular weight is 224 g/mol. The number of nitrogens with two attached hydrogens (primary N) is 1. The average Bonchev–Trinajstić information content (AvgIpc) is 2.29. The van der Waals surface area contributed by atoms with Gasteiger partial charge in [0.1, 0.15) is 11.4 Å². The van der Waals surface area contributed by atoms with Crippen LogP contribution >= 0.6 is 0 Å². The molecule has 1 aromatic rings. The van der Waals surface area contributed by atoms with Gasteiger partial charge in [0.15, 0.2) is 0 Å². The molecule has 0 unspecified atom stereocenters. The standard InChI is InChI=1S/C9H12N4O3/c10-7-6(8(14)15)5-11-9(12-7)13-1-3-16-4-2-13/h5H,1-4H2,(H,14,15)(H2,10,11,12). The number of nitrogens with zero attached hydrogens (tertiary/aromatic N) is 3. The zero-order valence-electron chi connectivity index (χ0n) is 8.59. The van der Waals surface area contributed by atoms with Crippen LogP contribution in [0, 0.1) is 0 Å². The number of hydrogen-bond acceptors (Lipinski definition) is 6. The maximum Gasteiger partial charge on any atom is 0.341 e. The second-order valence-electron chi connectivity index (χ2n) is 3.37. The molecule has 1 fully saturated rings. The lowest BCUT2D eigenvalue weighted by atomic mass is 10.3. The minimum absolute atomic E-state index is 0.0102. The van der Waals surface area contributed by atoms with Crippen LogP contribution in [0.4, 0.5) is 11.8 Å². The lowest BCUT2D eigenvalue weighted by molar-refractivity contribution is 0.0697. The maximum atomic E-state index is 10.7. The monoisotopic (exact) mass is 224 g/mol. The van der Waals surface area contributed by atoms with Crippen LogP contribution in [0.1, 0.15) is 10.4 Å². The van der Waals surface area contributed by atoms with Crippen molar-refractivity contribution in [3.8, 4) is 0 Å². The lowest BCUT2D eigenvalue weighted by Crippen LogP contribution is -2.37. The largest absolute Gasteiger partial charge is 0.477 e. The number of aromatic nitrogens is 2. The van der Waals surface area contributed by atoms with Crippen LogP contribution in [0.25, 0.3) is 0 Å². The molecule has 0 amide bonds. The molecular weight excluding hydrogens is 212 g/mol. The van der Waals surface area contributed by atoms with Crippen molar-refractivity contribution >= 4 is 17.7 Å². The van der Waals surface area contributed by atoms with Crippen molar-refractivity contribution in [1.29, 1.82) is 0 Å². The summed E-state index contributed by atoms with van der Waals surface area (Å²) in [4.78, 5) is 20.6. The molecule has 2 heterocycles. The molecule has 0 atom stereocenters. The third kappa shape index (κ3) is 2.03. The maximum absolute atomic E-state index is 10.7. The number of carboxylic acid groups (broad SMARTS) is 1. The fourth-order valence-electron chi connectivity index (χ4n) is 1.47. The zero-order chi connectivity index (χ0) is 11.5. The fourth-order valence-corrected chi connectivity index (χ4v) is 1.47. The Kier molecular flexibility index (Phi) is 2.86. The first-order chi connectivity index (χ1) is 7.68. The molecule has 1 aromatic heterocycles. The van der Waals surface area contributed by atoms with Gasteiger partial charge in [0, 0.05) is 19.3 Å². The number of aromatic carboxylic acids is 1. The molecular formula is C9H12N4O3. The van der Waals surface area contributed by atoms with Gasteiger partial charge in [-0.25, -0.2) is 9.78 Å². The summed E-state index contributed by atoms with van der Waals surface area (Å²) in [5, 5.41) is 8.77. The third-order valence-electron chi connectivity index (χ3n) is 2.33. The van der Waals surface area contributed by atoms with Crippen LogP contribution in [-0.2, 0) is 4.74 Å². The summed E-state index contributed by atoms with van der Waals surface area (Å²) < 4.78 is 5.19. The Bertz CT molecular complexity index is 404. The van der Waals surface area contributed by atoms with Gasteiger partial charge in [0.2, 0.25) is 5.95 Å². The van der Waals surface area contributed by atoms with Crippen molar-refractivity contribution in [3.63, 3.8) is 0 Å². The fraction of sp³-hybridized carbons (Fsp3) is 0.444. The van der Waals surface area contributed by atoms with Crippen molar-refractivity contribution in [3.05, 3.63) is 11.8 Å². The van der Waals surface area contributed by atoms with Gasteiger partial charge in [-0.15, -0.1) is 0 Å². The molecule has 2 rings (SSSR count). The molecule has 7 heteroatoms. The number of anilines is 2. The molecule has 7 nitrogen and oxygen atoms in total. The Morgan fingerprint density at radius 3 is 2.75 bits per heavy atom. The van der Waals surface area contributed by atoms with E-state index in [2.05, 4.69) is 9.97 Å². The summed E-state index contributed by atoms with van der Waals surface area (Å²) in [5.41, 5.74) is 5.47. The molecule has 1 saturated heterocycles. The molecule has 3 N–H and O–H groups in total. The van der Waals surface area contributed by atoms with Gasteiger partial charge in [-0.2, -0.15) is 4.98 Å². The van der Waals surface area contributed by atoms with Gasteiger partial charge < -0.3 is 20.5 Å². The number of hydrogen-bond donors (Lipinski definition) is 2. The molecule has 0 saturated carbocycles. The van der Waals surface area contributed by atoms with E-state index in [1.165, 1.54) is 6.20 Å². The summed E-state index contributed by atoms with van der Waals surface area (Å²) in [6.07, 6.45) is 1.23. The first-order valence-electron chi connectivity index (χ1n) is 4.87. The molecule has 0 aliphatic carbocycles. The number of morpholine rings is 1. The second kappa shape index (κ2) is 4.31. The van der Waals surface area contributed by atoms with Crippen molar-refractivity contribution in [2.45, 2.75) is 0 Å². The van der Waals surface area contributed by atoms with E-state index < -0.39 is 5.97 Å². The lowest BCUT2D eigenvalue weighted by Gasteiger charge is -2.26. The van der Waals surface area contributed by atoms with Gasteiger partial charge in [0.05, 0.1) is 13.2 Å². The Hall–Kier alpha value is -1.89. The van der Waals surface area contributed by atoms with Crippen LogP contribution in [0.15, 0.2) is 6.20 Å². The summed E-state index contributed by atoms with van der Waals surface area (Å²) in [5.74, 6) is -0.680. The molecule has 1 aliphatic heterocycles. The first-order valence-corrected chi connectivity index (χ1v) is 4.87. The van der Waals surface area contributed by atoms with Crippen LogP contribution < -0.4 is 10.6 Å². The topological polar surface area (TPSA) is 102 Å². The van der Waals surface area contributed by atoms with E-state index in [-0.39, 0.29) is 11.4 Å². The van der Waals surface area contributed by atoms with Gasteiger partial charge >= 0.3 is 5.97 Å². The zero-order valence-corrected chi connectivity index (χ0v) is 8.59. The minimum Gasteiger partial charge on any atom is -0.477 e. The number of carboxylic acids is 1. The Morgan fingerprint density at radius 2 is 2.19 bits per heavy atom. The van der Waals surface area contributed by atoms with Crippen molar-refractivity contribution < 1.29 is 14.6 Å². The minimum atomic E-state index is -1.12. The number of rotatable bonds is 2. The van der Waals surface area contributed by atoms with Crippen LogP contribution in [0.2, 0.25) is 0 Å². The highest BCUT2D eigenvalue weighted by atomic mass is 16.5. The van der Waals surface area contributed by atoms with Crippen LogP contribution in [-0.4, -0.2) is 47.3 Å². The normalized spacial score (nSPS) is 16.1. The predicted molar refractivity (Wildman–Crippen MR) is 56.4 cm³/mol. The number of carbonyl (C=O) groups is 1. The van der Waals surface area contributed by atoms with Crippen molar-refractivity contribution in [2.75, 3.05) is 36.9 Å². The molecule has 0 aromatic carbocycles. The van der Waals surface area contributed by atoms with Gasteiger partial charge in [0.25, 0.3) is 0 Å². The molecule has 86 valence electrons. The van der Waals surface area contributed by atoms with Gasteiger partial charge in [-0.3, -0.25) is 0 Å². The van der Waals surface area contributed by atoms with E-state index in [1.54, 1.807) is 0 Å². The Balaban J connectivity index is 2.23. The van der Waals surface area contributed by atoms with E-state index in [0.717, 1.165) is 0 Å². The van der Waals surface area contributed by atoms with Crippen LogP contribution in [0.5, 0.6) is 0 Å². The highest BCUT2D eigenvalue weighted by Gasteiger charge is 2.16. The first kappa shape index (κ1) is 10.6. The highest BCUT2D eigenvalue weighted by molar-refractivity contribution is 5.92. The predicted octanol–water partition coefficient (Wildman–Crippen LogP) is -0.406. The summed E-state index contributed by atoms with van der Waals surface area (Å²) in [7, 11) is 0. The highest BCUT2D eigenvalue weighted by Crippen LogP contribution is 2.14. The number of ether oxygens (including phenoxy) is 1. The van der Waals surface area contributed by atoms with E-state index in [4.69, 9.17) is 15.6 Å². The number of nitrogen functional groups attached to an aromatic ring is 1. The molecule has 0 spiro atoms. The van der Waals surface area contributed by atoms with Crippen LogP contribution in [0.3, 0.4) is 0 Å². The molecule has 1 aliphatic rings. The van der Waals surface area contributed by atoms with E-state index in [0.29, 0.717) is 32.3 Å². The smallest absolute Gasteiger partial charge is 0.341 e. The molecule has 16 heavy (non-hydrogen) atoms. The van der Waals surface area contributed by atoms with Crippen molar-refractivity contribution in [1.82, 2.24) is 9.97 Å². The third-order valence-corrected chi connectivity index (χ3v) is 2.33. The van der Waals surface area contributed by atoms with Crippen molar-refractivity contribution in [2.24, 2.45) is 0 Å². The van der Waals surface area contributed by atoms with E-state index in [1.807, 2.05) is 4.90 Å². The summed E-state index contributed by atoms with van der Waals surface area (Å²) >= 11 is 0. The SMILES string of the molecule is Nc1nc(N2CCOCC2)ncc1C(=O)O. The van der Waals surface area contributed by atoms with Gasteiger partial charge in [-0.05, 0) is 0 Å². The quantitative estimate of drug-likeness (QED) is 0.704. The van der Waals surface area contributed by atoms with E-state index >= 15 is 0 Å². The molecule has 0 radical (unpaired) electrons.